The van der Waals surface area contributed by atoms with Gasteiger partial charge in [0.1, 0.15) is 6.61 Å². The largest absolute Gasteiger partial charge is 0.493 e. The Morgan fingerprint density at radius 3 is 2.56 bits per heavy atom. The van der Waals surface area contributed by atoms with Gasteiger partial charge in [-0.1, -0.05) is 13.0 Å². The first-order valence-corrected chi connectivity index (χ1v) is 12.3. The van der Waals surface area contributed by atoms with Crippen LogP contribution in [0, 0.1) is 5.92 Å². The number of hydrogen-bond donors (Lipinski definition) is 1. The predicted octanol–water partition coefficient (Wildman–Crippen LogP) is 2.07. The van der Waals surface area contributed by atoms with E-state index >= 15 is 0 Å². The summed E-state index contributed by atoms with van der Waals surface area (Å²) in [6, 6.07) is 6.24. The van der Waals surface area contributed by atoms with Crippen LogP contribution in [0.4, 0.5) is 0 Å². The summed E-state index contributed by atoms with van der Waals surface area (Å²) in [5.74, 6) is 2.45. The monoisotopic (exact) mass is 447 g/mol. The highest BCUT2D eigenvalue weighted by molar-refractivity contribution is 5.43. The van der Waals surface area contributed by atoms with Gasteiger partial charge in [0.25, 0.3) is 0 Å². The molecule has 3 aliphatic heterocycles. The quantitative estimate of drug-likeness (QED) is 0.622. The first kappa shape index (κ1) is 23.8. The van der Waals surface area contributed by atoms with Crippen LogP contribution in [0.1, 0.15) is 31.7 Å². The molecule has 32 heavy (non-hydrogen) atoms. The van der Waals surface area contributed by atoms with Crippen molar-refractivity contribution in [2.24, 2.45) is 5.92 Å². The van der Waals surface area contributed by atoms with Crippen LogP contribution in [0.3, 0.4) is 0 Å². The third-order valence-corrected chi connectivity index (χ3v) is 7.21. The van der Waals surface area contributed by atoms with Crippen molar-refractivity contribution in [3.8, 4) is 11.5 Å². The number of piperidine rings is 1. The van der Waals surface area contributed by atoms with E-state index in [-0.39, 0.29) is 0 Å². The summed E-state index contributed by atoms with van der Waals surface area (Å²) in [6.07, 6.45) is 3.39. The van der Waals surface area contributed by atoms with E-state index in [4.69, 9.17) is 14.2 Å². The van der Waals surface area contributed by atoms with E-state index in [2.05, 4.69) is 33.8 Å². The second-order valence-electron chi connectivity index (χ2n) is 9.93. The second kappa shape index (κ2) is 11.2. The van der Waals surface area contributed by atoms with Gasteiger partial charge in [-0.2, -0.15) is 0 Å². The highest BCUT2D eigenvalue weighted by Crippen LogP contribution is 2.30. The van der Waals surface area contributed by atoms with Crippen molar-refractivity contribution < 1.29 is 19.3 Å². The highest BCUT2D eigenvalue weighted by Gasteiger charge is 2.37. The second-order valence-corrected chi connectivity index (χ2v) is 9.93. The maximum Gasteiger partial charge on any atom is 0.161 e. The van der Waals surface area contributed by atoms with E-state index in [0.29, 0.717) is 13.2 Å². The predicted molar refractivity (Wildman–Crippen MR) is 125 cm³/mol. The fourth-order valence-electron chi connectivity index (χ4n) is 5.14. The molecule has 7 nitrogen and oxygen atoms in total. The number of morpholine rings is 1. The van der Waals surface area contributed by atoms with Crippen molar-refractivity contribution in [1.82, 2.24) is 14.7 Å². The van der Waals surface area contributed by atoms with Gasteiger partial charge in [0.05, 0.1) is 25.9 Å². The maximum absolute atomic E-state index is 11.1. The molecule has 3 fully saturated rings. The summed E-state index contributed by atoms with van der Waals surface area (Å²) in [5.41, 5.74) is 0.561. The molecule has 1 aromatic carbocycles. The minimum Gasteiger partial charge on any atom is -0.493 e. The molecule has 1 aromatic rings. The number of nitrogens with zero attached hydrogens (tertiary/aromatic N) is 3. The average molecular weight is 448 g/mol. The summed E-state index contributed by atoms with van der Waals surface area (Å²) >= 11 is 0. The van der Waals surface area contributed by atoms with Gasteiger partial charge in [-0.25, -0.2) is 0 Å². The van der Waals surface area contributed by atoms with Crippen LogP contribution in [0.15, 0.2) is 18.2 Å². The summed E-state index contributed by atoms with van der Waals surface area (Å²) in [5, 5.41) is 11.1. The minimum atomic E-state index is -0.628. The van der Waals surface area contributed by atoms with Crippen LogP contribution in [-0.4, -0.2) is 105 Å². The molecule has 7 heteroatoms. The van der Waals surface area contributed by atoms with Gasteiger partial charge in [0.15, 0.2) is 11.5 Å². The van der Waals surface area contributed by atoms with Crippen LogP contribution >= 0.6 is 0 Å². The van der Waals surface area contributed by atoms with Crippen molar-refractivity contribution in [2.45, 2.75) is 38.3 Å². The molecule has 180 valence electrons. The molecule has 0 aromatic heterocycles. The molecule has 3 saturated heterocycles. The van der Waals surface area contributed by atoms with Gasteiger partial charge in [0.2, 0.25) is 0 Å². The van der Waals surface area contributed by atoms with Crippen molar-refractivity contribution in [2.75, 3.05) is 79.3 Å². The van der Waals surface area contributed by atoms with Crippen molar-refractivity contribution in [1.29, 1.82) is 0 Å². The van der Waals surface area contributed by atoms with Gasteiger partial charge in [-0.05, 0) is 56.0 Å². The first-order chi connectivity index (χ1) is 15.5. The number of methoxy groups -OCH3 is 1. The Balaban J connectivity index is 1.25. The lowest BCUT2D eigenvalue weighted by Gasteiger charge is -2.33. The molecule has 3 heterocycles. The lowest BCUT2D eigenvalue weighted by Crippen LogP contribution is -2.48. The molecule has 0 bridgehead atoms. The maximum atomic E-state index is 11.1. The van der Waals surface area contributed by atoms with Gasteiger partial charge in [0, 0.05) is 45.8 Å². The van der Waals surface area contributed by atoms with E-state index in [0.717, 1.165) is 76.3 Å². The molecule has 0 saturated carbocycles. The van der Waals surface area contributed by atoms with Crippen molar-refractivity contribution in [3.05, 3.63) is 23.8 Å². The Bertz CT molecular complexity index is 719. The van der Waals surface area contributed by atoms with Gasteiger partial charge in [-0.3, -0.25) is 14.7 Å². The highest BCUT2D eigenvalue weighted by atomic mass is 16.5. The smallest absolute Gasteiger partial charge is 0.161 e. The lowest BCUT2D eigenvalue weighted by molar-refractivity contribution is -0.0266. The van der Waals surface area contributed by atoms with Crippen LogP contribution < -0.4 is 9.47 Å². The Kier molecular flexibility index (Phi) is 8.29. The number of benzene rings is 1. The number of rotatable bonds is 9. The number of ether oxygens (including phenoxy) is 3. The van der Waals surface area contributed by atoms with Gasteiger partial charge in [-0.15, -0.1) is 0 Å². The average Bonchev–Trinajstić information content (AvgIpc) is 3.16. The first-order valence-electron chi connectivity index (χ1n) is 12.3. The summed E-state index contributed by atoms with van der Waals surface area (Å²) < 4.78 is 17.1. The SMILES string of the molecule is COc1cc(CN2CCC(O)(CN3CCOCC3)C2)ccc1OCCN1CCC(C)CC1. The van der Waals surface area contributed by atoms with Crippen LogP contribution in [-0.2, 0) is 11.3 Å². The standard InChI is InChI=1S/C25H41N3O4/c1-21-5-8-26(9-6-21)13-16-32-23-4-3-22(17-24(23)30-2)18-28-10-7-25(29,20-28)19-27-11-14-31-15-12-27/h3-4,17,21,29H,5-16,18-20H2,1-2H3. The third-order valence-electron chi connectivity index (χ3n) is 7.21. The van der Waals surface area contributed by atoms with Gasteiger partial charge < -0.3 is 19.3 Å². The van der Waals surface area contributed by atoms with E-state index < -0.39 is 5.60 Å². The van der Waals surface area contributed by atoms with E-state index in [1.807, 2.05) is 6.07 Å². The van der Waals surface area contributed by atoms with E-state index in [9.17, 15) is 5.11 Å². The zero-order valence-electron chi connectivity index (χ0n) is 19.9. The molecular formula is C25H41N3O4. The molecule has 0 amide bonds. The zero-order valence-corrected chi connectivity index (χ0v) is 19.9. The fraction of sp³-hybridized carbons (Fsp3) is 0.760. The Hall–Kier alpha value is -1.38. The Labute approximate surface area is 193 Å². The number of likely N-dealkylation sites (tertiary alicyclic amines) is 2. The number of aliphatic hydroxyl groups is 1. The third kappa shape index (κ3) is 6.58. The lowest BCUT2D eigenvalue weighted by atomic mass is 9.99. The molecule has 1 atom stereocenters. The number of hydrogen-bond acceptors (Lipinski definition) is 7. The van der Waals surface area contributed by atoms with Crippen molar-refractivity contribution >= 4 is 0 Å². The summed E-state index contributed by atoms with van der Waals surface area (Å²) in [7, 11) is 1.70. The molecule has 3 aliphatic rings. The van der Waals surface area contributed by atoms with Crippen LogP contribution in [0.2, 0.25) is 0 Å². The summed E-state index contributed by atoms with van der Waals surface area (Å²) in [6.45, 7) is 12.9. The minimum absolute atomic E-state index is 0.628. The molecule has 1 N–H and O–H groups in total. The normalized spacial score (nSPS) is 26.5. The molecule has 0 spiro atoms. The Morgan fingerprint density at radius 2 is 1.81 bits per heavy atom. The van der Waals surface area contributed by atoms with E-state index in [1.165, 1.54) is 31.5 Å². The fourth-order valence-corrected chi connectivity index (χ4v) is 5.14. The zero-order chi connectivity index (χ0) is 22.4. The van der Waals surface area contributed by atoms with E-state index in [1.54, 1.807) is 7.11 Å². The van der Waals surface area contributed by atoms with Crippen LogP contribution in [0.5, 0.6) is 11.5 Å². The Morgan fingerprint density at radius 1 is 1.03 bits per heavy atom. The van der Waals surface area contributed by atoms with Gasteiger partial charge >= 0.3 is 0 Å². The molecule has 0 aliphatic carbocycles. The van der Waals surface area contributed by atoms with Crippen molar-refractivity contribution in [3.63, 3.8) is 0 Å². The van der Waals surface area contributed by atoms with Crippen LogP contribution in [0.25, 0.3) is 0 Å². The summed E-state index contributed by atoms with van der Waals surface area (Å²) in [4.78, 5) is 7.16. The molecular weight excluding hydrogens is 406 g/mol. The molecule has 4 rings (SSSR count). The molecule has 1 unspecified atom stereocenters. The molecule has 0 radical (unpaired) electrons. The number of β-amino-alcohol motifs (C(OH)–C–C–N with tert-alkyl or cyclic N) is 1. The topological polar surface area (TPSA) is 57.6 Å².